The number of carbonyl (C=O) groups is 1. The molecular formula is C13H17NO3. The molecule has 0 radical (unpaired) electrons. The molecule has 0 aromatic heterocycles. The van der Waals surface area contributed by atoms with Crippen molar-refractivity contribution in [3.63, 3.8) is 0 Å². The normalized spacial score (nSPS) is 11.9. The van der Waals surface area contributed by atoms with E-state index in [4.69, 9.17) is 0 Å². The molecule has 1 rings (SSSR count). The highest BCUT2D eigenvalue weighted by molar-refractivity contribution is 6.00. The number of phenolic OH excluding ortho intramolecular Hbond substituents is 1. The van der Waals surface area contributed by atoms with Gasteiger partial charge in [-0.15, -0.1) is 0 Å². The number of nitrogens with one attached hydrogen (secondary N) is 1. The van der Waals surface area contributed by atoms with Crippen molar-refractivity contribution < 1.29 is 15.0 Å². The smallest absolute Gasteiger partial charge is 0.247 e. The summed E-state index contributed by atoms with van der Waals surface area (Å²) in [5.41, 5.74) is 1.68. The lowest BCUT2D eigenvalue weighted by molar-refractivity contribution is -0.111. The molecule has 0 aliphatic rings. The van der Waals surface area contributed by atoms with E-state index in [9.17, 15) is 15.0 Å². The fourth-order valence-electron chi connectivity index (χ4n) is 1.63. The molecule has 4 nitrogen and oxygen atoms in total. The lowest BCUT2D eigenvalue weighted by atomic mass is 9.99. The number of hydrogen-bond acceptors (Lipinski definition) is 3. The van der Waals surface area contributed by atoms with Crippen LogP contribution in [0.4, 0.5) is 5.69 Å². The van der Waals surface area contributed by atoms with E-state index in [2.05, 4.69) is 11.9 Å². The number of aromatic hydroxyl groups is 1. The molecule has 92 valence electrons. The van der Waals surface area contributed by atoms with E-state index in [0.29, 0.717) is 23.2 Å². The number of benzene rings is 1. The van der Waals surface area contributed by atoms with E-state index < -0.39 is 12.0 Å². The Labute approximate surface area is 101 Å². The van der Waals surface area contributed by atoms with Gasteiger partial charge in [0.05, 0.1) is 11.8 Å². The average Bonchev–Trinajstić information content (AvgIpc) is 2.33. The van der Waals surface area contributed by atoms with Gasteiger partial charge in [0.25, 0.3) is 0 Å². The van der Waals surface area contributed by atoms with Crippen LogP contribution in [0.1, 0.15) is 30.6 Å². The molecule has 4 heteroatoms. The second kappa shape index (κ2) is 5.50. The number of aliphatic hydroxyl groups is 1. The Balaban J connectivity index is 3.19. The Bertz CT molecular complexity index is 441. The van der Waals surface area contributed by atoms with Gasteiger partial charge in [-0.2, -0.15) is 0 Å². The standard InChI is InChI=1S/C13H17NO3/c1-4-10(15)9-6-7-11(16)13(8(9)3)14-12(17)5-2/h5-7,10,15-16H,2,4H2,1,3H3,(H,14,17). The number of carbonyl (C=O) groups excluding carboxylic acids is 1. The van der Waals surface area contributed by atoms with Crippen LogP contribution in [-0.4, -0.2) is 16.1 Å². The van der Waals surface area contributed by atoms with Crippen molar-refractivity contribution in [2.45, 2.75) is 26.4 Å². The first-order chi connectivity index (χ1) is 8.01. The zero-order chi connectivity index (χ0) is 13.0. The van der Waals surface area contributed by atoms with E-state index in [-0.39, 0.29) is 5.75 Å². The molecule has 0 spiro atoms. The molecule has 1 atom stereocenters. The van der Waals surface area contributed by atoms with E-state index >= 15 is 0 Å². The van der Waals surface area contributed by atoms with Crippen LogP contribution in [-0.2, 0) is 4.79 Å². The SMILES string of the molecule is C=CC(=O)Nc1c(O)ccc(C(O)CC)c1C. The summed E-state index contributed by atoms with van der Waals surface area (Å²) in [6, 6.07) is 3.11. The molecule has 17 heavy (non-hydrogen) atoms. The van der Waals surface area contributed by atoms with Crippen molar-refractivity contribution in [1.82, 2.24) is 0 Å². The second-order valence-corrected chi connectivity index (χ2v) is 3.79. The van der Waals surface area contributed by atoms with Crippen LogP contribution < -0.4 is 5.32 Å². The van der Waals surface area contributed by atoms with Crippen LogP contribution in [0.3, 0.4) is 0 Å². The van der Waals surface area contributed by atoms with Gasteiger partial charge in [0, 0.05) is 0 Å². The van der Waals surface area contributed by atoms with Crippen molar-refractivity contribution in [2.24, 2.45) is 0 Å². The largest absolute Gasteiger partial charge is 0.506 e. The fourth-order valence-corrected chi connectivity index (χ4v) is 1.63. The average molecular weight is 235 g/mol. The van der Waals surface area contributed by atoms with E-state index in [1.165, 1.54) is 6.07 Å². The highest BCUT2D eigenvalue weighted by Gasteiger charge is 2.15. The number of anilines is 1. The maximum absolute atomic E-state index is 11.2. The molecule has 0 fully saturated rings. The topological polar surface area (TPSA) is 69.6 Å². The van der Waals surface area contributed by atoms with Crippen molar-refractivity contribution in [3.05, 3.63) is 35.9 Å². The van der Waals surface area contributed by atoms with Crippen molar-refractivity contribution in [1.29, 1.82) is 0 Å². The number of aliphatic hydroxyl groups excluding tert-OH is 1. The summed E-state index contributed by atoms with van der Waals surface area (Å²) < 4.78 is 0. The maximum atomic E-state index is 11.2. The monoisotopic (exact) mass is 235 g/mol. The molecular weight excluding hydrogens is 218 g/mol. The van der Waals surface area contributed by atoms with Gasteiger partial charge in [-0.05, 0) is 36.6 Å². The van der Waals surface area contributed by atoms with Crippen LogP contribution in [0.2, 0.25) is 0 Å². The Kier molecular flexibility index (Phi) is 4.29. The second-order valence-electron chi connectivity index (χ2n) is 3.79. The van der Waals surface area contributed by atoms with Gasteiger partial charge in [0.1, 0.15) is 5.75 Å². The lowest BCUT2D eigenvalue weighted by Crippen LogP contribution is -2.10. The first-order valence-electron chi connectivity index (χ1n) is 5.45. The third kappa shape index (κ3) is 2.85. The molecule has 0 saturated carbocycles. The van der Waals surface area contributed by atoms with E-state index in [1.54, 1.807) is 13.0 Å². The molecule has 3 N–H and O–H groups in total. The minimum absolute atomic E-state index is 0.0234. The van der Waals surface area contributed by atoms with Gasteiger partial charge in [-0.3, -0.25) is 4.79 Å². The molecule has 0 saturated heterocycles. The molecule has 0 bridgehead atoms. The Morgan fingerprint density at radius 1 is 1.59 bits per heavy atom. The van der Waals surface area contributed by atoms with Crippen molar-refractivity contribution in [3.8, 4) is 5.75 Å². The highest BCUT2D eigenvalue weighted by Crippen LogP contribution is 2.33. The van der Waals surface area contributed by atoms with Crippen LogP contribution in [0, 0.1) is 6.92 Å². The van der Waals surface area contributed by atoms with Gasteiger partial charge in [0.15, 0.2) is 0 Å². The first kappa shape index (κ1) is 13.3. The zero-order valence-electron chi connectivity index (χ0n) is 10.0. The predicted octanol–water partition coefficient (Wildman–Crippen LogP) is 2.27. The molecule has 1 aromatic carbocycles. The molecule has 0 aliphatic carbocycles. The van der Waals surface area contributed by atoms with Crippen LogP contribution in [0.25, 0.3) is 0 Å². The first-order valence-corrected chi connectivity index (χ1v) is 5.45. The third-order valence-electron chi connectivity index (χ3n) is 2.66. The van der Waals surface area contributed by atoms with Crippen LogP contribution in [0.15, 0.2) is 24.8 Å². The van der Waals surface area contributed by atoms with Gasteiger partial charge in [0.2, 0.25) is 5.91 Å². The van der Waals surface area contributed by atoms with Crippen molar-refractivity contribution in [2.75, 3.05) is 5.32 Å². The summed E-state index contributed by atoms with van der Waals surface area (Å²) >= 11 is 0. The Hall–Kier alpha value is -1.81. The minimum atomic E-state index is -0.602. The number of hydrogen-bond donors (Lipinski definition) is 3. The van der Waals surface area contributed by atoms with Gasteiger partial charge < -0.3 is 15.5 Å². The summed E-state index contributed by atoms with van der Waals surface area (Å²) in [5, 5.41) is 22.0. The quantitative estimate of drug-likeness (QED) is 0.554. The van der Waals surface area contributed by atoms with Crippen LogP contribution >= 0.6 is 0 Å². The zero-order valence-corrected chi connectivity index (χ0v) is 10.0. The molecule has 1 aromatic rings. The van der Waals surface area contributed by atoms with Gasteiger partial charge in [-0.25, -0.2) is 0 Å². The summed E-state index contributed by atoms with van der Waals surface area (Å²) in [5.74, 6) is -0.420. The lowest BCUT2D eigenvalue weighted by Gasteiger charge is -2.16. The summed E-state index contributed by atoms with van der Waals surface area (Å²) in [7, 11) is 0. The van der Waals surface area contributed by atoms with E-state index in [0.717, 1.165) is 6.08 Å². The van der Waals surface area contributed by atoms with Gasteiger partial charge >= 0.3 is 0 Å². The Morgan fingerprint density at radius 2 is 2.24 bits per heavy atom. The summed E-state index contributed by atoms with van der Waals surface area (Å²) in [6.45, 7) is 6.95. The molecule has 1 amide bonds. The molecule has 0 heterocycles. The van der Waals surface area contributed by atoms with Crippen molar-refractivity contribution >= 4 is 11.6 Å². The number of phenols is 1. The Morgan fingerprint density at radius 3 is 2.76 bits per heavy atom. The minimum Gasteiger partial charge on any atom is -0.506 e. The summed E-state index contributed by atoms with van der Waals surface area (Å²) in [4.78, 5) is 11.2. The van der Waals surface area contributed by atoms with Crippen LogP contribution in [0.5, 0.6) is 5.75 Å². The van der Waals surface area contributed by atoms with Gasteiger partial charge in [-0.1, -0.05) is 19.6 Å². The molecule has 1 unspecified atom stereocenters. The molecule has 0 aliphatic heterocycles. The summed E-state index contributed by atoms with van der Waals surface area (Å²) in [6.07, 6.45) is 1.09. The number of amides is 1. The maximum Gasteiger partial charge on any atom is 0.247 e. The predicted molar refractivity (Wildman–Crippen MR) is 66.9 cm³/mol. The highest BCUT2D eigenvalue weighted by atomic mass is 16.3. The number of rotatable bonds is 4. The fraction of sp³-hybridized carbons (Fsp3) is 0.308. The third-order valence-corrected chi connectivity index (χ3v) is 2.66. The van der Waals surface area contributed by atoms with E-state index in [1.807, 2.05) is 6.92 Å².